The molecular weight excluding hydrogens is 674 g/mol. The molecule has 2 heterocycles. The van der Waals surface area contributed by atoms with Gasteiger partial charge in [0.25, 0.3) is 0 Å². The smallest absolute Gasteiger partial charge is 0.408 e. The highest BCUT2D eigenvalue weighted by Crippen LogP contribution is 2.29. The van der Waals surface area contributed by atoms with Crippen molar-refractivity contribution < 1.29 is 38.3 Å². The second kappa shape index (κ2) is 18.4. The normalized spacial score (nSPS) is 18.9. The van der Waals surface area contributed by atoms with Crippen LogP contribution < -0.4 is 16.0 Å². The van der Waals surface area contributed by atoms with Gasteiger partial charge in [-0.1, -0.05) is 75.1 Å². The van der Waals surface area contributed by atoms with E-state index in [0.29, 0.717) is 12.7 Å². The zero-order chi connectivity index (χ0) is 37.8. The fourth-order valence-electron chi connectivity index (χ4n) is 6.33. The molecule has 5 amide bonds. The van der Waals surface area contributed by atoms with Gasteiger partial charge in [-0.05, 0) is 57.9 Å². The van der Waals surface area contributed by atoms with Crippen LogP contribution in [0, 0.1) is 11.8 Å². The van der Waals surface area contributed by atoms with Crippen LogP contribution >= 0.6 is 0 Å². The fourth-order valence-corrected chi connectivity index (χ4v) is 6.33. The van der Waals surface area contributed by atoms with Crippen molar-refractivity contribution in [2.24, 2.45) is 11.8 Å². The number of aromatic nitrogens is 4. The molecule has 0 spiro atoms. The van der Waals surface area contributed by atoms with Crippen molar-refractivity contribution in [3.05, 3.63) is 41.7 Å². The molecule has 2 fully saturated rings. The second-order valence-corrected chi connectivity index (χ2v) is 14.4. The highest BCUT2D eigenvalue weighted by molar-refractivity contribution is 5.91. The van der Waals surface area contributed by atoms with Gasteiger partial charge in [-0.2, -0.15) is 5.21 Å². The molecule has 5 atom stereocenters. The van der Waals surface area contributed by atoms with E-state index >= 15 is 0 Å². The maximum Gasteiger partial charge on any atom is 0.408 e. The fraction of sp³-hybridized carbons (Fsp3) is 0.629. The lowest BCUT2D eigenvalue weighted by molar-refractivity contribution is -0.187. The van der Waals surface area contributed by atoms with Crippen molar-refractivity contribution in [2.75, 3.05) is 6.54 Å². The van der Waals surface area contributed by atoms with E-state index in [1.165, 1.54) is 0 Å². The summed E-state index contributed by atoms with van der Waals surface area (Å²) in [4.78, 5) is 87.3. The van der Waals surface area contributed by atoms with E-state index < -0.39 is 59.6 Å². The molecule has 0 bridgehead atoms. The first-order valence-corrected chi connectivity index (χ1v) is 17.9. The Morgan fingerprint density at radius 2 is 1.79 bits per heavy atom. The maximum absolute atomic E-state index is 14.0. The lowest BCUT2D eigenvalue weighted by Crippen LogP contribution is -2.54. The number of alkyl carbamates (subject to hydrolysis) is 1. The Balaban J connectivity index is 1.54. The molecule has 0 radical (unpaired) electrons. The summed E-state index contributed by atoms with van der Waals surface area (Å²) >= 11 is 0. The van der Waals surface area contributed by atoms with Crippen LogP contribution in [0.15, 0.2) is 30.3 Å². The molecule has 1 aliphatic heterocycles. The van der Waals surface area contributed by atoms with E-state index in [1.807, 2.05) is 13.0 Å². The van der Waals surface area contributed by atoms with E-state index in [2.05, 4.69) is 36.6 Å². The number of aldehydes is 1. The van der Waals surface area contributed by atoms with E-state index in [9.17, 15) is 28.8 Å². The third-order valence-electron chi connectivity index (χ3n) is 9.26. The predicted molar refractivity (Wildman–Crippen MR) is 186 cm³/mol. The van der Waals surface area contributed by atoms with Gasteiger partial charge in [0.05, 0.1) is 25.0 Å². The molecule has 1 saturated heterocycles. The van der Waals surface area contributed by atoms with Crippen LogP contribution in [0.25, 0.3) is 0 Å². The van der Waals surface area contributed by atoms with Crippen LogP contribution in [0.4, 0.5) is 9.59 Å². The van der Waals surface area contributed by atoms with Crippen molar-refractivity contribution in [3.63, 3.8) is 0 Å². The Kier molecular flexibility index (Phi) is 14.1. The summed E-state index contributed by atoms with van der Waals surface area (Å²) in [6.45, 7) is 8.69. The second-order valence-electron chi connectivity index (χ2n) is 14.4. The Bertz CT molecular complexity index is 1510. The molecule has 1 aliphatic carbocycles. The molecule has 52 heavy (non-hydrogen) atoms. The number of benzene rings is 1. The SMILES string of the molecule is CC[C@H](C)[C@H](NC(=O)OC(C)(C)C)C(=O)NC(C=O)CC(Cc1ccccc1)C(=O)ON1C(=O)N(C2CCCCC2)CC1C(=O)NCc1nn[nH]n1. The lowest BCUT2D eigenvalue weighted by atomic mass is 9.92. The largest absolute Gasteiger partial charge is 0.444 e. The molecule has 17 nitrogen and oxygen atoms in total. The summed E-state index contributed by atoms with van der Waals surface area (Å²) in [5.41, 5.74) is -0.0508. The van der Waals surface area contributed by atoms with Gasteiger partial charge in [-0.15, -0.1) is 15.3 Å². The zero-order valence-corrected chi connectivity index (χ0v) is 30.5. The Labute approximate surface area is 303 Å². The first-order chi connectivity index (χ1) is 24.8. The first-order valence-electron chi connectivity index (χ1n) is 17.9. The molecule has 1 aromatic heterocycles. The minimum absolute atomic E-state index is 0.00682. The molecule has 1 aromatic carbocycles. The number of amides is 5. The summed E-state index contributed by atoms with van der Waals surface area (Å²) in [5.74, 6) is -3.17. The molecule has 4 rings (SSSR count). The Morgan fingerprint density at radius 1 is 1.08 bits per heavy atom. The number of hydrogen-bond acceptors (Lipinski definition) is 11. The number of nitrogens with zero attached hydrogens (tertiary/aromatic N) is 5. The third kappa shape index (κ3) is 11.2. The third-order valence-corrected chi connectivity index (χ3v) is 9.26. The number of hydrogen-bond donors (Lipinski definition) is 4. The number of carbonyl (C=O) groups is 6. The van der Waals surface area contributed by atoms with Gasteiger partial charge >= 0.3 is 18.1 Å². The van der Waals surface area contributed by atoms with Gasteiger partial charge < -0.3 is 35.2 Å². The Morgan fingerprint density at radius 3 is 2.40 bits per heavy atom. The van der Waals surface area contributed by atoms with E-state index in [0.717, 1.165) is 42.7 Å². The number of tetrazole rings is 1. The Hall–Kier alpha value is -5.09. The zero-order valence-electron chi connectivity index (χ0n) is 30.5. The van der Waals surface area contributed by atoms with Crippen LogP contribution in [0.3, 0.4) is 0 Å². The van der Waals surface area contributed by atoms with Crippen LogP contribution in [0.2, 0.25) is 0 Å². The van der Waals surface area contributed by atoms with Crippen LogP contribution in [0.5, 0.6) is 0 Å². The van der Waals surface area contributed by atoms with Crippen molar-refractivity contribution in [3.8, 4) is 0 Å². The van der Waals surface area contributed by atoms with E-state index in [4.69, 9.17) is 9.57 Å². The summed E-state index contributed by atoms with van der Waals surface area (Å²) in [7, 11) is 0. The number of aromatic amines is 1. The van der Waals surface area contributed by atoms with Crippen LogP contribution in [-0.2, 0) is 41.7 Å². The number of hydroxylamine groups is 2. The van der Waals surface area contributed by atoms with Gasteiger partial charge in [0.1, 0.15) is 17.9 Å². The van der Waals surface area contributed by atoms with Crippen LogP contribution in [0.1, 0.15) is 91.0 Å². The van der Waals surface area contributed by atoms with Crippen molar-refractivity contribution >= 4 is 36.2 Å². The van der Waals surface area contributed by atoms with Gasteiger partial charge in [-0.3, -0.25) is 9.59 Å². The van der Waals surface area contributed by atoms with E-state index in [1.54, 1.807) is 56.9 Å². The van der Waals surface area contributed by atoms with Gasteiger partial charge in [0.15, 0.2) is 11.9 Å². The number of carbonyl (C=O) groups excluding carboxylic acids is 6. The lowest BCUT2D eigenvalue weighted by Gasteiger charge is -2.30. The highest BCUT2D eigenvalue weighted by Gasteiger charge is 2.47. The summed E-state index contributed by atoms with van der Waals surface area (Å²) in [5, 5.41) is 22.2. The predicted octanol–water partition coefficient (Wildman–Crippen LogP) is 2.59. The number of ether oxygens (including phenoxy) is 1. The van der Waals surface area contributed by atoms with Crippen molar-refractivity contribution in [1.29, 1.82) is 0 Å². The quantitative estimate of drug-likeness (QED) is 0.184. The van der Waals surface area contributed by atoms with Gasteiger partial charge in [0, 0.05) is 6.04 Å². The van der Waals surface area contributed by atoms with Crippen molar-refractivity contribution in [1.82, 2.24) is 46.5 Å². The molecule has 2 aliphatic rings. The first kappa shape index (κ1) is 39.7. The number of rotatable bonds is 16. The molecule has 17 heteroatoms. The number of urea groups is 1. The minimum Gasteiger partial charge on any atom is -0.444 e. The molecular formula is C35H51N9O8. The summed E-state index contributed by atoms with van der Waals surface area (Å²) in [6, 6.07) is 4.94. The molecule has 284 valence electrons. The summed E-state index contributed by atoms with van der Waals surface area (Å²) in [6.07, 6.45) is 4.65. The van der Waals surface area contributed by atoms with Gasteiger partial charge in [-0.25, -0.2) is 14.4 Å². The molecule has 3 unspecified atom stereocenters. The highest BCUT2D eigenvalue weighted by atomic mass is 16.7. The topological polar surface area (TPSA) is 218 Å². The van der Waals surface area contributed by atoms with E-state index in [-0.39, 0.29) is 43.7 Å². The minimum atomic E-state index is -1.17. The number of nitrogens with one attached hydrogen (secondary N) is 4. The van der Waals surface area contributed by atoms with Crippen LogP contribution in [-0.4, -0.2) is 103 Å². The van der Waals surface area contributed by atoms with Crippen molar-refractivity contribution in [2.45, 2.75) is 122 Å². The average Bonchev–Trinajstić information content (AvgIpc) is 3.76. The molecule has 4 N–H and O–H groups in total. The monoisotopic (exact) mass is 725 g/mol. The molecule has 2 aromatic rings. The number of H-pyrrole nitrogens is 1. The van der Waals surface area contributed by atoms with Gasteiger partial charge in [0.2, 0.25) is 11.8 Å². The standard InChI is InChI=1S/C35H51N9O8/c1-6-22(2)29(38-33(49)51-35(3,4)5)31(47)37-25(21-45)18-24(17-23-13-9-7-10-14-23)32(48)52-44-27(30(46)36-19-28-39-41-42-40-28)20-43(34(44)50)26-15-11-8-12-16-26/h7,9-10,13-14,21-22,24-27,29H,6,8,11-12,15-20H2,1-5H3,(H,36,46)(H,37,47)(H,38,49)(H,39,40,41,42)/t22-,24?,25?,27?,29-/m0/s1. The maximum atomic E-state index is 14.0. The summed E-state index contributed by atoms with van der Waals surface area (Å²) < 4.78 is 5.35. The molecule has 1 saturated carbocycles. The average molecular weight is 726 g/mol.